The Morgan fingerprint density at radius 3 is 2.42 bits per heavy atom. The van der Waals surface area contributed by atoms with Crippen molar-refractivity contribution in [3.8, 4) is 5.75 Å². The van der Waals surface area contributed by atoms with Gasteiger partial charge in [0.25, 0.3) is 0 Å². The zero-order valence-electron chi connectivity index (χ0n) is 17.3. The number of guanidine groups is 1. The second-order valence-electron chi connectivity index (χ2n) is 7.05. The van der Waals surface area contributed by atoms with Gasteiger partial charge in [-0.05, 0) is 59.0 Å². The molecule has 0 amide bonds. The summed E-state index contributed by atoms with van der Waals surface area (Å²) in [5.41, 5.74) is 1.18. The number of hydrogen-bond donors (Lipinski definition) is 2. The van der Waals surface area contributed by atoms with Crippen molar-refractivity contribution in [1.29, 1.82) is 0 Å². The Kier molecular flexibility index (Phi) is 10.1. The number of nitrogens with one attached hydrogen (secondary N) is 2. The maximum Gasteiger partial charge on any atom is 0.191 e. The van der Waals surface area contributed by atoms with Crippen molar-refractivity contribution in [1.82, 2.24) is 15.5 Å². The molecule has 1 aromatic carbocycles. The van der Waals surface area contributed by atoms with Gasteiger partial charge in [-0.15, -0.1) is 0 Å². The molecule has 1 aromatic rings. The second kappa shape index (κ2) is 11.8. The quantitative estimate of drug-likeness (QED) is 0.359. The van der Waals surface area contributed by atoms with Crippen LogP contribution in [0.3, 0.4) is 0 Å². The van der Waals surface area contributed by atoms with Gasteiger partial charge in [-0.25, -0.2) is 4.99 Å². The topological polar surface area (TPSA) is 58.1 Å². The minimum absolute atomic E-state index is 0.0356. The zero-order chi connectivity index (χ0) is 19.4. The lowest BCUT2D eigenvalue weighted by molar-refractivity contribution is 0.145. The van der Waals surface area contributed by atoms with Gasteiger partial charge in [-0.2, -0.15) is 0 Å². The third-order valence-electron chi connectivity index (χ3n) is 4.44. The predicted molar refractivity (Wildman–Crippen MR) is 109 cm³/mol. The summed E-state index contributed by atoms with van der Waals surface area (Å²) < 4.78 is 10.6. The molecule has 0 aliphatic rings. The zero-order valence-corrected chi connectivity index (χ0v) is 17.3. The number of likely N-dealkylation sites (N-methyl/N-ethyl adjacent to an activating group) is 1. The first-order valence-electron chi connectivity index (χ1n) is 9.29. The van der Waals surface area contributed by atoms with Crippen molar-refractivity contribution >= 4 is 5.96 Å². The molecule has 0 fully saturated rings. The molecule has 26 heavy (non-hydrogen) atoms. The monoisotopic (exact) mass is 364 g/mol. The van der Waals surface area contributed by atoms with Gasteiger partial charge in [-0.1, -0.05) is 12.1 Å². The number of aliphatic imine (C=N–C) groups is 1. The Balaban J connectivity index is 2.64. The average molecular weight is 365 g/mol. The third kappa shape index (κ3) is 8.54. The molecule has 0 unspecified atom stereocenters. The summed E-state index contributed by atoms with van der Waals surface area (Å²) in [4.78, 5) is 6.93. The number of hydrogen-bond acceptors (Lipinski definition) is 4. The van der Waals surface area contributed by atoms with Crippen LogP contribution < -0.4 is 15.4 Å². The smallest absolute Gasteiger partial charge is 0.191 e. The fourth-order valence-corrected chi connectivity index (χ4v) is 2.06. The van der Waals surface area contributed by atoms with E-state index in [1.165, 1.54) is 0 Å². The summed E-state index contributed by atoms with van der Waals surface area (Å²) in [6.45, 7) is 10.2. The number of methoxy groups -OCH3 is 1. The van der Waals surface area contributed by atoms with Crippen molar-refractivity contribution in [3.63, 3.8) is 0 Å². The Labute approximate surface area is 159 Å². The van der Waals surface area contributed by atoms with Crippen LogP contribution in [0.25, 0.3) is 0 Å². The highest BCUT2D eigenvalue weighted by atomic mass is 16.5. The van der Waals surface area contributed by atoms with Gasteiger partial charge in [0.15, 0.2) is 5.96 Å². The van der Waals surface area contributed by atoms with E-state index in [4.69, 9.17) is 14.5 Å². The van der Waals surface area contributed by atoms with E-state index in [2.05, 4.69) is 43.5 Å². The highest BCUT2D eigenvalue weighted by Gasteiger charge is 2.20. The van der Waals surface area contributed by atoms with E-state index in [9.17, 15) is 0 Å². The van der Waals surface area contributed by atoms with E-state index in [-0.39, 0.29) is 5.54 Å². The summed E-state index contributed by atoms with van der Waals surface area (Å²) in [6.07, 6.45) is 0.953. The lowest BCUT2D eigenvalue weighted by Gasteiger charge is -2.33. The SMILES string of the molecule is CCOCCCNC(=NCc1ccc(OC)cc1)NCC(C)(C)N(C)C. The molecule has 6 nitrogen and oxygen atoms in total. The number of benzene rings is 1. The highest BCUT2D eigenvalue weighted by Crippen LogP contribution is 2.12. The summed E-state index contributed by atoms with van der Waals surface area (Å²) in [6, 6.07) is 8.00. The van der Waals surface area contributed by atoms with Crippen LogP contribution in [0.4, 0.5) is 0 Å². The summed E-state index contributed by atoms with van der Waals surface area (Å²) in [5, 5.41) is 6.86. The molecular formula is C20H36N4O2. The van der Waals surface area contributed by atoms with Gasteiger partial charge in [0.1, 0.15) is 5.75 Å². The van der Waals surface area contributed by atoms with Crippen molar-refractivity contribution in [2.24, 2.45) is 4.99 Å². The Morgan fingerprint density at radius 2 is 1.85 bits per heavy atom. The van der Waals surface area contributed by atoms with E-state index >= 15 is 0 Å². The van der Waals surface area contributed by atoms with Gasteiger partial charge < -0.3 is 25.0 Å². The summed E-state index contributed by atoms with van der Waals surface area (Å²) in [7, 11) is 5.85. The molecule has 0 atom stereocenters. The van der Waals surface area contributed by atoms with E-state index < -0.39 is 0 Å². The largest absolute Gasteiger partial charge is 0.497 e. The Morgan fingerprint density at radius 1 is 1.15 bits per heavy atom. The van der Waals surface area contributed by atoms with Crippen molar-refractivity contribution in [3.05, 3.63) is 29.8 Å². The fourth-order valence-electron chi connectivity index (χ4n) is 2.06. The maximum absolute atomic E-state index is 5.39. The molecule has 6 heteroatoms. The highest BCUT2D eigenvalue weighted by molar-refractivity contribution is 5.79. The van der Waals surface area contributed by atoms with E-state index in [0.29, 0.717) is 6.54 Å². The first-order chi connectivity index (χ1) is 12.4. The molecule has 0 heterocycles. The molecule has 0 saturated carbocycles. The third-order valence-corrected chi connectivity index (χ3v) is 4.44. The van der Waals surface area contributed by atoms with Crippen LogP contribution >= 0.6 is 0 Å². The second-order valence-corrected chi connectivity index (χ2v) is 7.05. The Hall–Kier alpha value is -1.79. The van der Waals surface area contributed by atoms with E-state index in [1.807, 2.05) is 31.2 Å². The van der Waals surface area contributed by atoms with Gasteiger partial charge in [0, 0.05) is 31.8 Å². The minimum atomic E-state index is 0.0356. The van der Waals surface area contributed by atoms with Gasteiger partial charge in [0.05, 0.1) is 13.7 Å². The summed E-state index contributed by atoms with van der Waals surface area (Å²) >= 11 is 0. The van der Waals surface area contributed by atoms with Gasteiger partial charge >= 0.3 is 0 Å². The lowest BCUT2D eigenvalue weighted by atomic mass is 10.0. The van der Waals surface area contributed by atoms with E-state index in [1.54, 1.807) is 7.11 Å². The lowest BCUT2D eigenvalue weighted by Crippen LogP contribution is -2.51. The molecule has 0 aromatic heterocycles. The van der Waals surface area contributed by atoms with Crippen molar-refractivity contribution < 1.29 is 9.47 Å². The number of ether oxygens (including phenoxy) is 2. The fraction of sp³-hybridized carbons (Fsp3) is 0.650. The predicted octanol–water partition coefficient (Wildman–Crippen LogP) is 2.50. The molecule has 0 bridgehead atoms. The molecule has 0 aliphatic heterocycles. The molecule has 0 saturated heterocycles. The molecule has 1 rings (SSSR count). The maximum atomic E-state index is 5.39. The van der Waals surface area contributed by atoms with Gasteiger partial charge in [0.2, 0.25) is 0 Å². The van der Waals surface area contributed by atoms with Crippen LogP contribution in [-0.4, -0.2) is 63.9 Å². The molecule has 2 N–H and O–H groups in total. The minimum Gasteiger partial charge on any atom is -0.497 e. The van der Waals surface area contributed by atoms with E-state index in [0.717, 1.165) is 50.0 Å². The molecule has 148 valence electrons. The van der Waals surface area contributed by atoms with Crippen LogP contribution in [0, 0.1) is 0 Å². The van der Waals surface area contributed by atoms with Gasteiger partial charge in [-0.3, -0.25) is 0 Å². The van der Waals surface area contributed by atoms with Crippen LogP contribution in [0.2, 0.25) is 0 Å². The van der Waals surface area contributed by atoms with Crippen LogP contribution in [0.1, 0.15) is 32.8 Å². The van der Waals surface area contributed by atoms with Crippen LogP contribution in [0.15, 0.2) is 29.3 Å². The normalized spacial score (nSPS) is 12.3. The molecule has 0 radical (unpaired) electrons. The molecule has 0 spiro atoms. The van der Waals surface area contributed by atoms with Crippen LogP contribution in [0.5, 0.6) is 5.75 Å². The first-order valence-corrected chi connectivity index (χ1v) is 9.29. The molecular weight excluding hydrogens is 328 g/mol. The van der Waals surface area contributed by atoms with Crippen LogP contribution in [-0.2, 0) is 11.3 Å². The number of nitrogens with zero attached hydrogens (tertiary/aromatic N) is 2. The summed E-state index contributed by atoms with van der Waals surface area (Å²) in [5.74, 6) is 1.69. The van der Waals surface area contributed by atoms with Crippen molar-refractivity contribution in [2.45, 2.75) is 39.3 Å². The number of rotatable bonds is 11. The molecule has 0 aliphatic carbocycles. The average Bonchev–Trinajstić information content (AvgIpc) is 2.63. The first kappa shape index (κ1) is 22.3. The standard InChI is InChI=1S/C20H36N4O2/c1-7-26-14-8-13-21-19(23-16-20(2,3)24(4)5)22-15-17-9-11-18(25-6)12-10-17/h9-12H,7-8,13-16H2,1-6H3,(H2,21,22,23). The Bertz CT molecular complexity index is 527. The van der Waals surface area contributed by atoms with Crippen molar-refractivity contribution in [2.75, 3.05) is 47.5 Å².